The van der Waals surface area contributed by atoms with Crippen molar-refractivity contribution in [2.75, 3.05) is 5.73 Å². The van der Waals surface area contributed by atoms with Gasteiger partial charge in [0.1, 0.15) is 0 Å². The number of nitrogens with two attached hydrogens (primary N) is 1. The van der Waals surface area contributed by atoms with E-state index in [1.54, 1.807) is 13.8 Å². The van der Waals surface area contributed by atoms with Crippen molar-refractivity contribution in [3.8, 4) is 0 Å². The summed E-state index contributed by atoms with van der Waals surface area (Å²) in [7, 11) is 0. The van der Waals surface area contributed by atoms with E-state index in [1.807, 2.05) is 0 Å². The molecule has 0 aliphatic heterocycles. The standard InChI is InChI=1S/C7H10N4O/c1-4-6(5(2)11-12)3-9-7(8)10-4/h3,12H,1-2H3,(H2,8,9,10)/b11-5+. The highest BCUT2D eigenvalue weighted by Crippen LogP contribution is 2.05. The van der Waals surface area contributed by atoms with E-state index in [9.17, 15) is 0 Å². The first-order valence-electron chi connectivity index (χ1n) is 3.43. The molecule has 1 aromatic rings. The minimum atomic E-state index is 0.224. The molecule has 0 aliphatic rings. The van der Waals surface area contributed by atoms with Crippen LogP contribution in [-0.2, 0) is 0 Å². The summed E-state index contributed by atoms with van der Waals surface area (Å²) in [6.07, 6.45) is 1.53. The molecule has 1 rings (SSSR count). The molecule has 0 fully saturated rings. The highest BCUT2D eigenvalue weighted by Gasteiger charge is 2.04. The largest absolute Gasteiger partial charge is 0.411 e. The summed E-state index contributed by atoms with van der Waals surface area (Å²) in [6.45, 7) is 3.45. The molecule has 0 aromatic carbocycles. The number of nitrogen functional groups attached to an aromatic ring is 1. The van der Waals surface area contributed by atoms with E-state index in [0.29, 0.717) is 17.0 Å². The zero-order chi connectivity index (χ0) is 9.14. The van der Waals surface area contributed by atoms with Crippen molar-refractivity contribution in [3.63, 3.8) is 0 Å². The van der Waals surface area contributed by atoms with Gasteiger partial charge < -0.3 is 10.9 Å². The van der Waals surface area contributed by atoms with E-state index in [4.69, 9.17) is 10.9 Å². The van der Waals surface area contributed by atoms with Gasteiger partial charge in [-0.1, -0.05) is 5.16 Å². The fourth-order valence-corrected chi connectivity index (χ4v) is 0.894. The first-order valence-corrected chi connectivity index (χ1v) is 3.43. The van der Waals surface area contributed by atoms with Gasteiger partial charge in [0.15, 0.2) is 0 Å². The van der Waals surface area contributed by atoms with E-state index in [2.05, 4.69) is 15.1 Å². The first-order chi connectivity index (χ1) is 5.65. The average Bonchev–Trinajstić information content (AvgIpc) is 2.03. The molecule has 5 heteroatoms. The van der Waals surface area contributed by atoms with E-state index >= 15 is 0 Å². The van der Waals surface area contributed by atoms with Crippen LogP contribution in [0.5, 0.6) is 0 Å². The fourth-order valence-electron chi connectivity index (χ4n) is 0.894. The molecule has 0 radical (unpaired) electrons. The topological polar surface area (TPSA) is 84.4 Å². The van der Waals surface area contributed by atoms with Crippen LogP contribution in [0, 0.1) is 6.92 Å². The Morgan fingerprint density at radius 2 is 2.33 bits per heavy atom. The Balaban J connectivity index is 3.18. The van der Waals surface area contributed by atoms with Crippen LogP contribution in [0.2, 0.25) is 0 Å². The molecular weight excluding hydrogens is 156 g/mol. The average molecular weight is 166 g/mol. The number of hydrogen-bond donors (Lipinski definition) is 2. The van der Waals surface area contributed by atoms with E-state index < -0.39 is 0 Å². The Morgan fingerprint density at radius 1 is 1.67 bits per heavy atom. The van der Waals surface area contributed by atoms with Crippen molar-refractivity contribution in [1.82, 2.24) is 9.97 Å². The van der Waals surface area contributed by atoms with Crippen molar-refractivity contribution in [1.29, 1.82) is 0 Å². The SMILES string of the molecule is C/C(=N\O)c1cnc(N)nc1C. The molecule has 0 spiro atoms. The summed E-state index contributed by atoms with van der Waals surface area (Å²) in [5, 5.41) is 11.5. The summed E-state index contributed by atoms with van der Waals surface area (Å²) in [5.74, 6) is 0.224. The molecule has 0 bridgehead atoms. The summed E-state index contributed by atoms with van der Waals surface area (Å²) >= 11 is 0. The van der Waals surface area contributed by atoms with E-state index in [1.165, 1.54) is 6.20 Å². The van der Waals surface area contributed by atoms with Gasteiger partial charge in [-0.3, -0.25) is 0 Å². The fraction of sp³-hybridized carbons (Fsp3) is 0.286. The van der Waals surface area contributed by atoms with Gasteiger partial charge in [-0.25, -0.2) is 9.97 Å². The molecule has 0 atom stereocenters. The van der Waals surface area contributed by atoms with Crippen LogP contribution in [0.1, 0.15) is 18.2 Å². The maximum absolute atomic E-state index is 8.48. The van der Waals surface area contributed by atoms with Crippen LogP contribution in [0.15, 0.2) is 11.4 Å². The minimum absolute atomic E-state index is 0.224. The lowest BCUT2D eigenvalue weighted by molar-refractivity contribution is 0.319. The first kappa shape index (κ1) is 8.45. The summed E-state index contributed by atoms with van der Waals surface area (Å²) < 4.78 is 0. The lowest BCUT2D eigenvalue weighted by atomic mass is 10.2. The highest BCUT2D eigenvalue weighted by atomic mass is 16.4. The Labute approximate surface area is 69.9 Å². The maximum Gasteiger partial charge on any atom is 0.220 e. The zero-order valence-electron chi connectivity index (χ0n) is 6.94. The molecule has 3 N–H and O–H groups in total. The van der Waals surface area contributed by atoms with Gasteiger partial charge in [0, 0.05) is 11.8 Å². The second-order valence-electron chi connectivity index (χ2n) is 2.41. The van der Waals surface area contributed by atoms with Gasteiger partial charge >= 0.3 is 0 Å². The number of nitrogens with zero attached hydrogens (tertiary/aromatic N) is 3. The Hall–Kier alpha value is -1.65. The number of rotatable bonds is 1. The maximum atomic E-state index is 8.48. The number of hydrogen-bond acceptors (Lipinski definition) is 5. The van der Waals surface area contributed by atoms with Crippen molar-refractivity contribution < 1.29 is 5.21 Å². The molecule has 0 saturated carbocycles. The van der Waals surface area contributed by atoms with Gasteiger partial charge in [-0.2, -0.15) is 0 Å². The Kier molecular flexibility index (Phi) is 2.23. The van der Waals surface area contributed by atoms with Crippen LogP contribution in [-0.4, -0.2) is 20.9 Å². The lowest BCUT2D eigenvalue weighted by Crippen LogP contribution is -2.04. The van der Waals surface area contributed by atoms with Crippen molar-refractivity contribution >= 4 is 11.7 Å². The lowest BCUT2D eigenvalue weighted by Gasteiger charge is -2.01. The third-order valence-corrected chi connectivity index (χ3v) is 1.54. The third kappa shape index (κ3) is 1.50. The predicted octanol–water partition coefficient (Wildman–Crippen LogP) is 0.565. The minimum Gasteiger partial charge on any atom is -0.411 e. The second-order valence-corrected chi connectivity index (χ2v) is 2.41. The Bertz CT molecular complexity index is 321. The van der Waals surface area contributed by atoms with Crippen LogP contribution >= 0.6 is 0 Å². The predicted molar refractivity (Wildman–Crippen MR) is 45.2 cm³/mol. The normalized spacial score (nSPS) is 11.7. The summed E-state index contributed by atoms with van der Waals surface area (Å²) in [4.78, 5) is 7.70. The van der Waals surface area contributed by atoms with Gasteiger partial charge in [0.05, 0.1) is 11.4 Å². The molecule has 0 aliphatic carbocycles. The summed E-state index contributed by atoms with van der Waals surface area (Å²) in [6, 6.07) is 0. The van der Waals surface area contributed by atoms with Crippen molar-refractivity contribution in [3.05, 3.63) is 17.5 Å². The third-order valence-electron chi connectivity index (χ3n) is 1.54. The van der Waals surface area contributed by atoms with Crippen molar-refractivity contribution in [2.24, 2.45) is 5.16 Å². The molecule has 0 amide bonds. The number of anilines is 1. The smallest absolute Gasteiger partial charge is 0.220 e. The summed E-state index contributed by atoms with van der Waals surface area (Å²) in [5.41, 5.74) is 7.23. The quantitative estimate of drug-likeness (QED) is 0.363. The Morgan fingerprint density at radius 3 is 2.83 bits per heavy atom. The highest BCUT2D eigenvalue weighted by molar-refractivity contribution is 5.98. The number of aryl methyl sites for hydroxylation is 1. The van der Waals surface area contributed by atoms with E-state index in [0.717, 1.165) is 0 Å². The van der Waals surface area contributed by atoms with Crippen LogP contribution in [0.4, 0.5) is 5.95 Å². The van der Waals surface area contributed by atoms with E-state index in [-0.39, 0.29) is 5.95 Å². The molecule has 1 heterocycles. The van der Waals surface area contributed by atoms with Gasteiger partial charge in [0.2, 0.25) is 5.95 Å². The van der Waals surface area contributed by atoms with Gasteiger partial charge in [0.25, 0.3) is 0 Å². The van der Waals surface area contributed by atoms with Crippen LogP contribution < -0.4 is 5.73 Å². The molecule has 64 valence electrons. The molecule has 1 aromatic heterocycles. The van der Waals surface area contributed by atoms with Gasteiger partial charge in [-0.15, -0.1) is 0 Å². The molecule has 5 nitrogen and oxygen atoms in total. The van der Waals surface area contributed by atoms with Gasteiger partial charge in [-0.05, 0) is 13.8 Å². The number of oxime groups is 1. The molecule has 0 unspecified atom stereocenters. The monoisotopic (exact) mass is 166 g/mol. The van der Waals surface area contributed by atoms with Crippen LogP contribution in [0.3, 0.4) is 0 Å². The number of aromatic nitrogens is 2. The van der Waals surface area contributed by atoms with Crippen LogP contribution in [0.25, 0.3) is 0 Å². The molecule has 0 saturated heterocycles. The second kappa shape index (κ2) is 3.17. The van der Waals surface area contributed by atoms with Crippen molar-refractivity contribution in [2.45, 2.75) is 13.8 Å². The zero-order valence-corrected chi connectivity index (χ0v) is 6.94. The molecule has 12 heavy (non-hydrogen) atoms. The molecular formula is C7H10N4O.